The van der Waals surface area contributed by atoms with E-state index in [4.69, 9.17) is 4.74 Å². The zero-order valence-corrected chi connectivity index (χ0v) is 12.2. The average Bonchev–Trinajstić information content (AvgIpc) is 2.48. The van der Waals surface area contributed by atoms with Crippen LogP contribution in [-0.2, 0) is 13.0 Å². The van der Waals surface area contributed by atoms with Crippen molar-refractivity contribution in [2.75, 3.05) is 11.9 Å². The van der Waals surface area contributed by atoms with Crippen molar-refractivity contribution in [1.29, 1.82) is 0 Å². The molecule has 1 aromatic heterocycles. The van der Waals surface area contributed by atoms with Gasteiger partial charge < -0.3 is 10.1 Å². The molecule has 1 aromatic carbocycles. The minimum atomic E-state index is 0.564. The van der Waals surface area contributed by atoms with Gasteiger partial charge in [0.05, 0.1) is 0 Å². The van der Waals surface area contributed by atoms with Gasteiger partial charge in [-0.25, -0.2) is 4.98 Å². The summed E-state index contributed by atoms with van der Waals surface area (Å²) in [4.78, 5) is 4.25. The molecule has 2 aromatic rings. The van der Waals surface area contributed by atoms with Gasteiger partial charge in [-0.1, -0.05) is 25.5 Å². The number of anilines is 1. The lowest BCUT2D eigenvalue weighted by Crippen LogP contribution is -2.01. The number of hydrogen-bond donors (Lipinski definition) is 1. The molecule has 3 heteroatoms. The highest BCUT2D eigenvalue weighted by Crippen LogP contribution is 2.16. The molecular formula is C17H22N2O. The highest BCUT2D eigenvalue weighted by molar-refractivity contribution is 5.37. The summed E-state index contributed by atoms with van der Waals surface area (Å²) in [5, 5.41) is 3.20. The van der Waals surface area contributed by atoms with Gasteiger partial charge in [-0.3, -0.25) is 0 Å². The lowest BCUT2D eigenvalue weighted by atomic mass is 10.1. The maximum Gasteiger partial charge on any atom is 0.126 e. The van der Waals surface area contributed by atoms with Gasteiger partial charge in [0.25, 0.3) is 0 Å². The van der Waals surface area contributed by atoms with Gasteiger partial charge >= 0.3 is 0 Å². The topological polar surface area (TPSA) is 34.1 Å². The Hall–Kier alpha value is -2.03. The summed E-state index contributed by atoms with van der Waals surface area (Å²) in [6.07, 6.45) is 4.10. The fraction of sp³-hybridized carbons (Fsp3) is 0.353. The molecule has 106 valence electrons. The van der Waals surface area contributed by atoms with Gasteiger partial charge in [0.15, 0.2) is 0 Å². The molecule has 0 spiro atoms. The van der Waals surface area contributed by atoms with E-state index in [1.807, 2.05) is 24.3 Å². The van der Waals surface area contributed by atoms with Crippen molar-refractivity contribution in [3.05, 3.63) is 53.7 Å². The molecule has 0 saturated carbocycles. The molecule has 2 rings (SSSR count). The summed E-state index contributed by atoms with van der Waals surface area (Å²) in [6.45, 7) is 5.68. The predicted molar refractivity (Wildman–Crippen MR) is 83.2 cm³/mol. The molecule has 1 N–H and O–H groups in total. The Morgan fingerprint density at radius 1 is 1.05 bits per heavy atom. The van der Waals surface area contributed by atoms with Crippen LogP contribution < -0.4 is 10.1 Å². The van der Waals surface area contributed by atoms with E-state index < -0.39 is 0 Å². The molecule has 0 saturated heterocycles. The van der Waals surface area contributed by atoms with Crippen molar-refractivity contribution in [3.63, 3.8) is 0 Å². The third-order valence-electron chi connectivity index (χ3n) is 3.05. The zero-order valence-electron chi connectivity index (χ0n) is 12.2. The summed E-state index contributed by atoms with van der Waals surface area (Å²) < 4.78 is 5.80. The zero-order chi connectivity index (χ0) is 14.2. The normalized spacial score (nSPS) is 10.3. The molecule has 0 aliphatic rings. The molecular weight excluding hydrogens is 248 g/mol. The van der Waals surface area contributed by atoms with E-state index in [-0.39, 0.29) is 0 Å². The van der Waals surface area contributed by atoms with Crippen LogP contribution in [0.2, 0.25) is 0 Å². The molecule has 0 amide bonds. The summed E-state index contributed by atoms with van der Waals surface area (Å²) in [6, 6.07) is 12.3. The average molecular weight is 270 g/mol. The largest absolute Gasteiger partial charge is 0.489 e. The maximum absolute atomic E-state index is 5.80. The smallest absolute Gasteiger partial charge is 0.126 e. The lowest BCUT2D eigenvalue weighted by Gasteiger charge is -2.08. The molecule has 0 radical (unpaired) electrons. The number of aryl methyl sites for hydroxylation is 1. The first-order valence-electron chi connectivity index (χ1n) is 7.22. The third kappa shape index (κ3) is 4.26. The van der Waals surface area contributed by atoms with Gasteiger partial charge in [-0.05, 0) is 48.7 Å². The number of hydrogen-bond acceptors (Lipinski definition) is 3. The predicted octanol–water partition coefficient (Wildman–Crippen LogP) is 4.04. The lowest BCUT2D eigenvalue weighted by molar-refractivity contribution is 0.306. The molecule has 0 unspecified atom stereocenters. The highest BCUT2D eigenvalue weighted by atomic mass is 16.5. The van der Waals surface area contributed by atoms with E-state index in [0.29, 0.717) is 6.61 Å². The van der Waals surface area contributed by atoms with Gasteiger partial charge in [-0.15, -0.1) is 0 Å². The molecule has 1 heterocycles. The van der Waals surface area contributed by atoms with Crippen LogP contribution in [0.3, 0.4) is 0 Å². The molecule has 0 atom stereocenters. The highest BCUT2D eigenvalue weighted by Gasteiger charge is 1.99. The number of ether oxygens (including phenoxy) is 1. The van der Waals surface area contributed by atoms with Crippen LogP contribution in [-0.4, -0.2) is 11.5 Å². The Morgan fingerprint density at radius 3 is 2.55 bits per heavy atom. The first kappa shape index (κ1) is 14.4. The molecule has 0 aliphatic heterocycles. The van der Waals surface area contributed by atoms with Gasteiger partial charge in [0.2, 0.25) is 0 Å². The fourth-order valence-electron chi connectivity index (χ4n) is 2.05. The van der Waals surface area contributed by atoms with Crippen LogP contribution in [0.25, 0.3) is 0 Å². The Morgan fingerprint density at radius 2 is 1.85 bits per heavy atom. The van der Waals surface area contributed by atoms with Gasteiger partial charge in [0, 0.05) is 12.7 Å². The van der Waals surface area contributed by atoms with Crippen LogP contribution in [0.5, 0.6) is 5.75 Å². The summed E-state index contributed by atoms with van der Waals surface area (Å²) in [5.74, 6) is 1.80. The van der Waals surface area contributed by atoms with Crippen LogP contribution in [0.1, 0.15) is 31.4 Å². The number of benzene rings is 1. The molecule has 0 bridgehead atoms. The molecule has 3 nitrogen and oxygen atoms in total. The van der Waals surface area contributed by atoms with Crippen molar-refractivity contribution in [3.8, 4) is 5.75 Å². The van der Waals surface area contributed by atoms with E-state index in [9.17, 15) is 0 Å². The number of rotatable bonds is 7. The number of aromatic nitrogens is 1. The SMILES string of the molecule is CCCc1ccc(OCc2ccnc(NCC)c2)cc1. The quantitative estimate of drug-likeness (QED) is 0.824. The second-order valence-corrected chi connectivity index (χ2v) is 4.76. The second-order valence-electron chi connectivity index (χ2n) is 4.76. The number of nitrogens with one attached hydrogen (secondary N) is 1. The first-order valence-corrected chi connectivity index (χ1v) is 7.22. The molecule has 0 aliphatic carbocycles. The van der Waals surface area contributed by atoms with Crippen molar-refractivity contribution < 1.29 is 4.74 Å². The Labute approximate surface area is 121 Å². The van der Waals surface area contributed by atoms with Crippen molar-refractivity contribution >= 4 is 5.82 Å². The monoisotopic (exact) mass is 270 g/mol. The summed E-state index contributed by atoms with van der Waals surface area (Å²) in [5.41, 5.74) is 2.48. The van der Waals surface area contributed by atoms with E-state index >= 15 is 0 Å². The van der Waals surface area contributed by atoms with Crippen molar-refractivity contribution in [2.24, 2.45) is 0 Å². The van der Waals surface area contributed by atoms with Crippen LogP contribution >= 0.6 is 0 Å². The van der Waals surface area contributed by atoms with Crippen LogP contribution in [0.15, 0.2) is 42.6 Å². The fourth-order valence-corrected chi connectivity index (χ4v) is 2.05. The van der Waals surface area contributed by atoms with Crippen molar-refractivity contribution in [2.45, 2.75) is 33.3 Å². The molecule has 20 heavy (non-hydrogen) atoms. The summed E-state index contributed by atoms with van der Waals surface area (Å²) in [7, 11) is 0. The second kappa shape index (κ2) is 7.53. The number of pyridine rings is 1. The van der Waals surface area contributed by atoms with Gasteiger partial charge in [0.1, 0.15) is 18.2 Å². The van der Waals surface area contributed by atoms with Crippen LogP contribution in [0.4, 0.5) is 5.82 Å². The Bertz CT molecular complexity index is 523. The minimum Gasteiger partial charge on any atom is -0.489 e. The number of nitrogens with zero attached hydrogens (tertiary/aromatic N) is 1. The van der Waals surface area contributed by atoms with Crippen LogP contribution in [0, 0.1) is 0 Å². The standard InChI is InChI=1S/C17H22N2O/c1-3-5-14-6-8-16(9-7-14)20-13-15-10-11-19-17(12-15)18-4-2/h6-12H,3-5,13H2,1-2H3,(H,18,19). The summed E-state index contributed by atoms with van der Waals surface area (Å²) >= 11 is 0. The minimum absolute atomic E-state index is 0.564. The first-order chi connectivity index (χ1) is 9.81. The van der Waals surface area contributed by atoms with E-state index in [0.717, 1.165) is 30.1 Å². The maximum atomic E-state index is 5.80. The van der Waals surface area contributed by atoms with Gasteiger partial charge in [-0.2, -0.15) is 0 Å². The molecule has 0 fully saturated rings. The third-order valence-corrected chi connectivity index (χ3v) is 3.05. The Kier molecular flexibility index (Phi) is 5.42. The Balaban J connectivity index is 1.92. The van der Waals surface area contributed by atoms with Crippen molar-refractivity contribution in [1.82, 2.24) is 4.98 Å². The van der Waals surface area contributed by atoms with E-state index in [2.05, 4.69) is 36.3 Å². The van der Waals surface area contributed by atoms with E-state index in [1.54, 1.807) is 6.20 Å². The van der Waals surface area contributed by atoms with E-state index in [1.165, 1.54) is 12.0 Å².